The summed E-state index contributed by atoms with van der Waals surface area (Å²) in [5.41, 5.74) is 1.64. The monoisotopic (exact) mass is 313 g/mol. The molecule has 0 aliphatic heterocycles. The molecule has 0 spiro atoms. The summed E-state index contributed by atoms with van der Waals surface area (Å²) in [5, 5.41) is 5.48. The quantitative estimate of drug-likeness (QED) is 0.859. The molecule has 0 saturated heterocycles. The van der Waals surface area contributed by atoms with Gasteiger partial charge in [-0.05, 0) is 44.2 Å². The minimum Gasteiger partial charge on any atom is -0.369 e. The van der Waals surface area contributed by atoms with Gasteiger partial charge in [0.1, 0.15) is 6.61 Å². The van der Waals surface area contributed by atoms with Crippen LogP contribution in [0.4, 0.5) is 11.4 Å². The number of ether oxygens (including phenoxy) is 1. The van der Waals surface area contributed by atoms with Crippen molar-refractivity contribution < 1.29 is 14.3 Å². The van der Waals surface area contributed by atoms with Gasteiger partial charge in [-0.2, -0.15) is 0 Å². The number of nitrogens with one attached hydrogen (secondary N) is 2. The van der Waals surface area contributed by atoms with Crippen LogP contribution in [-0.2, 0) is 9.53 Å². The first-order chi connectivity index (χ1) is 11.0. The summed E-state index contributed by atoms with van der Waals surface area (Å²) < 4.78 is 5.24. The number of anilines is 2. The van der Waals surface area contributed by atoms with Crippen LogP contribution in [0.5, 0.6) is 0 Å². The molecule has 6 nitrogen and oxygen atoms in total. The van der Waals surface area contributed by atoms with Crippen LogP contribution in [0.3, 0.4) is 0 Å². The molecule has 0 atom stereocenters. The number of nitrogens with zero attached hydrogens (tertiary/aromatic N) is 1. The standard InChI is InChI=1S/C17H19N3O3/c1-12(2)23-11-16(21)19-14-6-3-7-15(9-14)20-17(22)13-5-4-8-18-10-13/h3-10,12H,11H2,1-2H3,(H,19,21)(H,20,22). The number of pyridine rings is 1. The highest BCUT2D eigenvalue weighted by Crippen LogP contribution is 2.16. The van der Waals surface area contributed by atoms with E-state index in [2.05, 4.69) is 15.6 Å². The molecule has 23 heavy (non-hydrogen) atoms. The summed E-state index contributed by atoms with van der Waals surface area (Å²) in [7, 11) is 0. The predicted octanol–water partition coefficient (Wildman–Crippen LogP) is 2.70. The van der Waals surface area contributed by atoms with E-state index in [-0.39, 0.29) is 24.5 Å². The van der Waals surface area contributed by atoms with Crippen molar-refractivity contribution in [2.45, 2.75) is 20.0 Å². The zero-order chi connectivity index (χ0) is 16.7. The van der Waals surface area contributed by atoms with Gasteiger partial charge in [0.2, 0.25) is 5.91 Å². The van der Waals surface area contributed by atoms with E-state index in [4.69, 9.17) is 4.74 Å². The molecule has 0 radical (unpaired) electrons. The highest BCUT2D eigenvalue weighted by molar-refractivity contribution is 6.04. The molecule has 0 unspecified atom stereocenters. The first-order valence-corrected chi connectivity index (χ1v) is 7.27. The lowest BCUT2D eigenvalue weighted by molar-refractivity contribution is -0.121. The Morgan fingerprint density at radius 1 is 1.13 bits per heavy atom. The zero-order valence-corrected chi connectivity index (χ0v) is 13.1. The molecule has 2 aromatic rings. The van der Waals surface area contributed by atoms with E-state index in [1.807, 2.05) is 13.8 Å². The van der Waals surface area contributed by atoms with Gasteiger partial charge in [-0.1, -0.05) is 6.07 Å². The van der Waals surface area contributed by atoms with Gasteiger partial charge in [0, 0.05) is 23.8 Å². The minimum absolute atomic E-state index is 0.00847. The molecule has 0 aliphatic carbocycles. The Bertz CT molecular complexity index is 672. The van der Waals surface area contributed by atoms with Gasteiger partial charge in [-0.25, -0.2) is 0 Å². The first kappa shape index (κ1) is 16.6. The fraction of sp³-hybridized carbons (Fsp3) is 0.235. The summed E-state index contributed by atoms with van der Waals surface area (Å²) in [5.74, 6) is -0.501. The van der Waals surface area contributed by atoms with Gasteiger partial charge in [-0.15, -0.1) is 0 Å². The lowest BCUT2D eigenvalue weighted by Gasteiger charge is -2.10. The largest absolute Gasteiger partial charge is 0.369 e. The second-order valence-corrected chi connectivity index (χ2v) is 5.18. The number of aromatic nitrogens is 1. The highest BCUT2D eigenvalue weighted by Gasteiger charge is 2.08. The van der Waals surface area contributed by atoms with Crippen LogP contribution in [0.25, 0.3) is 0 Å². The second kappa shape index (κ2) is 8.05. The van der Waals surface area contributed by atoms with E-state index in [0.29, 0.717) is 16.9 Å². The van der Waals surface area contributed by atoms with Crippen LogP contribution < -0.4 is 10.6 Å². The zero-order valence-electron chi connectivity index (χ0n) is 13.1. The van der Waals surface area contributed by atoms with Gasteiger partial charge in [-0.3, -0.25) is 14.6 Å². The van der Waals surface area contributed by atoms with Crippen molar-refractivity contribution in [1.82, 2.24) is 4.98 Å². The predicted molar refractivity (Wildman–Crippen MR) is 88.3 cm³/mol. The maximum absolute atomic E-state index is 12.1. The van der Waals surface area contributed by atoms with Crippen LogP contribution in [-0.4, -0.2) is 29.5 Å². The Morgan fingerprint density at radius 3 is 2.52 bits per heavy atom. The molecule has 2 amide bonds. The fourth-order valence-corrected chi connectivity index (χ4v) is 1.81. The minimum atomic E-state index is -0.260. The van der Waals surface area contributed by atoms with Crippen molar-refractivity contribution in [1.29, 1.82) is 0 Å². The fourth-order valence-electron chi connectivity index (χ4n) is 1.81. The number of hydrogen-bond donors (Lipinski definition) is 2. The SMILES string of the molecule is CC(C)OCC(=O)Nc1cccc(NC(=O)c2cccnc2)c1. The molecule has 2 rings (SSSR count). The normalized spacial score (nSPS) is 10.4. The van der Waals surface area contributed by atoms with Crippen LogP contribution in [0.15, 0.2) is 48.8 Å². The Kier molecular flexibility index (Phi) is 5.82. The van der Waals surface area contributed by atoms with Crippen LogP contribution in [0, 0.1) is 0 Å². The third-order valence-electron chi connectivity index (χ3n) is 2.88. The number of amides is 2. The Balaban J connectivity index is 1.97. The molecule has 2 N–H and O–H groups in total. The number of carbonyl (C=O) groups is 2. The lowest BCUT2D eigenvalue weighted by Crippen LogP contribution is -2.20. The summed E-state index contributed by atoms with van der Waals surface area (Å²) >= 11 is 0. The summed E-state index contributed by atoms with van der Waals surface area (Å²) in [4.78, 5) is 27.7. The van der Waals surface area contributed by atoms with E-state index in [9.17, 15) is 9.59 Å². The number of rotatable bonds is 6. The molecule has 1 aromatic carbocycles. The van der Waals surface area contributed by atoms with Crippen LogP contribution in [0.2, 0.25) is 0 Å². The Morgan fingerprint density at radius 2 is 1.87 bits per heavy atom. The van der Waals surface area contributed by atoms with E-state index >= 15 is 0 Å². The summed E-state index contributed by atoms with van der Waals surface area (Å²) in [6.45, 7) is 3.72. The molecule has 0 bridgehead atoms. The molecule has 120 valence electrons. The molecule has 0 saturated carbocycles. The molecule has 0 aliphatic rings. The topological polar surface area (TPSA) is 80.3 Å². The van der Waals surface area contributed by atoms with Crippen LogP contribution in [0.1, 0.15) is 24.2 Å². The van der Waals surface area contributed by atoms with Gasteiger partial charge in [0.05, 0.1) is 11.7 Å². The summed E-state index contributed by atoms with van der Waals surface area (Å²) in [6.07, 6.45) is 3.09. The van der Waals surface area contributed by atoms with Crippen molar-refractivity contribution in [3.05, 3.63) is 54.4 Å². The molecule has 6 heteroatoms. The van der Waals surface area contributed by atoms with E-state index in [0.717, 1.165) is 0 Å². The molecular weight excluding hydrogens is 294 g/mol. The number of carbonyl (C=O) groups excluding carboxylic acids is 2. The average Bonchev–Trinajstić information content (AvgIpc) is 2.54. The van der Waals surface area contributed by atoms with Gasteiger partial charge >= 0.3 is 0 Å². The molecule has 1 aromatic heterocycles. The van der Waals surface area contributed by atoms with Crippen molar-refractivity contribution >= 4 is 23.2 Å². The Labute approximate surface area is 134 Å². The lowest BCUT2D eigenvalue weighted by atomic mass is 10.2. The number of benzene rings is 1. The maximum atomic E-state index is 12.1. The average molecular weight is 313 g/mol. The third-order valence-corrected chi connectivity index (χ3v) is 2.88. The van der Waals surface area contributed by atoms with Crippen molar-refractivity contribution in [3.63, 3.8) is 0 Å². The summed E-state index contributed by atoms with van der Waals surface area (Å²) in [6, 6.07) is 10.3. The van der Waals surface area contributed by atoms with Crippen LogP contribution >= 0.6 is 0 Å². The van der Waals surface area contributed by atoms with E-state index in [1.165, 1.54) is 6.20 Å². The van der Waals surface area contributed by atoms with E-state index < -0.39 is 0 Å². The molecule has 1 heterocycles. The molecular formula is C17H19N3O3. The molecule has 0 fully saturated rings. The van der Waals surface area contributed by atoms with Gasteiger partial charge in [0.15, 0.2) is 0 Å². The third kappa shape index (κ3) is 5.52. The van der Waals surface area contributed by atoms with E-state index in [1.54, 1.807) is 42.6 Å². The first-order valence-electron chi connectivity index (χ1n) is 7.27. The highest BCUT2D eigenvalue weighted by atomic mass is 16.5. The second-order valence-electron chi connectivity index (χ2n) is 5.18. The smallest absolute Gasteiger partial charge is 0.257 e. The van der Waals surface area contributed by atoms with Crippen molar-refractivity contribution in [2.24, 2.45) is 0 Å². The number of hydrogen-bond acceptors (Lipinski definition) is 4. The van der Waals surface area contributed by atoms with Crippen molar-refractivity contribution in [3.8, 4) is 0 Å². The van der Waals surface area contributed by atoms with Crippen molar-refractivity contribution in [2.75, 3.05) is 17.2 Å². The van der Waals surface area contributed by atoms with Gasteiger partial charge in [0.25, 0.3) is 5.91 Å². The maximum Gasteiger partial charge on any atom is 0.257 e. The van der Waals surface area contributed by atoms with Gasteiger partial charge < -0.3 is 15.4 Å². The Hall–Kier alpha value is -2.73.